The second kappa shape index (κ2) is 5.38. The predicted octanol–water partition coefficient (Wildman–Crippen LogP) is 3.32. The third-order valence-corrected chi connectivity index (χ3v) is 2.88. The van der Waals surface area contributed by atoms with Crippen LogP contribution in [0, 0.1) is 0 Å². The molecule has 82 valence electrons. The maximum atomic E-state index is 5.93. The number of rotatable bonds is 2. The Hall–Kier alpha value is -0.730. The van der Waals surface area contributed by atoms with E-state index in [0.717, 1.165) is 36.8 Å². The molecule has 0 saturated carbocycles. The molecule has 0 aromatic heterocycles. The SMILES string of the molecule is Clc1cccc(NC2CCCOCC2)c1. The zero-order valence-corrected chi connectivity index (χ0v) is 9.46. The van der Waals surface area contributed by atoms with Crippen molar-refractivity contribution in [3.05, 3.63) is 29.3 Å². The summed E-state index contributed by atoms with van der Waals surface area (Å²) in [6.45, 7) is 1.76. The van der Waals surface area contributed by atoms with Gasteiger partial charge in [-0.3, -0.25) is 0 Å². The molecule has 15 heavy (non-hydrogen) atoms. The van der Waals surface area contributed by atoms with Crippen LogP contribution >= 0.6 is 11.6 Å². The van der Waals surface area contributed by atoms with Gasteiger partial charge in [0.25, 0.3) is 0 Å². The Morgan fingerprint density at radius 3 is 3.07 bits per heavy atom. The van der Waals surface area contributed by atoms with Crippen molar-refractivity contribution in [1.82, 2.24) is 0 Å². The lowest BCUT2D eigenvalue weighted by atomic mass is 10.1. The fraction of sp³-hybridized carbons (Fsp3) is 0.500. The first kappa shape index (κ1) is 10.8. The van der Waals surface area contributed by atoms with Crippen LogP contribution in [0.4, 0.5) is 5.69 Å². The van der Waals surface area contributed by atoms with Crippen molar-refractivity contribution in [3.63, 3.8) is 0 Å². The molecule has 0 aliphatic carbocycles. The minimum Gasteiger partial charge on any atom is -0.382 e. The van der Waals surface area contributed by atoms with Gasteiger partial charge in [-0.15, -0.1) is 0 Å². The lowest BCUT2D eigenvalue weighted by molar-refractivity contribution is 0.144. The van der Waals surface area contributed by atoms with E-state index in [9.17, 15) is 0 Å². The van der Waals surface area contributed by atoms with Crippen LogP contribution in [0.1, 0.15) is 19.3 Å². The van der Waals surface area contributed by atoms with Gasteiger partial charge in [0, 0.05) is 30.0 Å². The molecule has 0 amide bonds. The number of hydrogen-bond acceptors (Lipinski definition) is 2. The standard InChI is InChI=1S/C12H16ClNO/c13-10-3-1-4-12(9-10)14-11-5-2-7-15-8-6-11/h1,3-4,9,11,14H,2,5-8H2. The quantitative estimate of drug-likeness (QED) is 0.834. The van der Waals surface area contributed by atoms with Gasteiger partial charge in [-0.25, -0.2) is 0 Å². The van der Waals surface area contributed by atoms with Crippen LogP contribution in [0.3, 0.4) is 0 Å². The Labute approximate surface area is 95.6 Å². The van der Waals surface area contributed by atoms with Gasteiger partial charge < -0.3 is 10.1 Å². The van der Waals surface area contributed by atoms with Gasteiger partial charge in [0.1, 0.15) is 0 Å². The molecule has 3 heteroatoms. The molecule has 1 fully saturated rings. The van der Waals surface area contributed by atoms with Gasteiger partial charge in [-0.2, -0.15) is 0 Å². The Kier molecular flexibility index (Phi) is 3.87. The van der Waals surface area contributed by atoms with Gasteiger partial charge in [0.2, 0.25) is 0 Å². The van der Waals surface area contributed by atoms with Gasteiger partial charge in [0.15, 0.2) is 0 Å². The van der Waals surface area contributed by atoms with E-state index in [4.69, 9.17) is 16.3 Å². The summed E-state index contributed by atoms with van der Waals surface area (Å²) in [4.78, 5) is 0. The fourth-order valence-electron chi connectivity index (χ4n) is 1.86. The summed E-state index contributed by atoms with van der Waals surface area (Å²) < 4.78 is 5.42. The Balaban J connectivity index is 1.95. The van der Waals surface area contributed by atoms with E-state index in [1.807, 2.05) is 18.2 Å². The van der Waals surface area contributed by atoms with E-state index in [2.05, 4.69) is 11.4 Å². The highest BCUT2D eigenvalue weighted by atomic mass is 35.5. The van der Waals surface area contributed by atoms with Crippen molar-refractivity contribution >= 4 is 17.3 Å². The monoisotopic (exact) mass is 225 g/mol. The van der Waals surface area contributed by atoms with Crippen LogP contribution in [0.25, 0.3) is 0 Å². The third-order valence-electron chi connectivity index (χ3n) is 2.65. The van der Waals surface area contributed by atoms with Crippen LogP contribution < -0.4 is 5.32 Å². The maximum Gasteiger partial charge on any atom is 0.0485 e. The lowest BCUT2D eigenvalue weighted by Crippen LogP contribution is -2.19. The summed E-state index contributed by atoms with van der Waals surface area (Å²) in [5, 5.41) is 4.28. The summed E-state index contributed by atoms with van der Waals surface area (Å²) in [6.07, 6.45) is 3.39. The average molecular weight is 226 g/mol. The van der Waals surface area contributed by atoms with Crippen LogP contribution in [-0.2, 0) is 4.74 Å². The van der Waals surface area contributed by atoms with E-state index < -0.39 is 0 Å². The Morgan fingerprint density at radius 2 is 2.20 bits per heavy atom. The fourth-order valence-corrected chi connectivity index (χ4v) is 2.05. The summed E-state index contributed by atoms with van der Waals surface area (Å²) in [6, 6.07) is 8.40. The summed E-state index contributed by atoms with van der Waals surface area (Å²) in [5.41, 5.74) is 1.11. The van der Waals surface area contributed by atoms with Gasteiger partial charge in [-0.05, 0) is 37.5 Å². The molecule has 2 nitrogen and oxygen atoms in total. The molecule has 1 N–H and O–H groups in total. The summed E-state index contributed by atoms with van der Waals surface area (Å²) >= 11 is 5.93. The highest BCUT2D eigenvalue weighted by Gasteiger charge is 2.11. The normalized spacial score (nSPS) is 22.1. The summed E-state index contributed by atoms with van der Waals surface area (Å²) in [7, 11) is 0. The van der Waals surface area contributed by atoms with Crippen LogP contribution in [0.2, 0.25) is 5.02 Å². The molecule has 1 unspecified atom stereocenters. The van der Waals surface area contributed by atoms with Crippen LogP contribution in [0.15, 0.2) is 24.3 Å². The molecule has 1 saturated heterocycles. The van der Waals surface area contributed by atoms with Crippen molar-refractivity contribution in [2.45, 2.75) is 25.3 Å². The lowest BCUT2D eigenvalue weighted by Gasteiger charge is -2.17. The minimum absolute atomic E-state index is 0.519. The highest BCUT2D eigenvalue weighted by molar-refractivity contribution is 6.30. The van der Waals surface area contributed by atoms with Crippen molar-refractivity contribution in [2.75, 3.05) is 18.5 Å². The van der Waals surface area contributed by atoms with Gasteiger partial charge >= 0.3 is 0 Å². The number of anilines is 1. The first-order valence-electron chi connectivity index (χ1n) is 5.44. The first-order chi connectivity index (χ1) is 7.34. The zero-order valence-electron chi connectivity index (χ0n) is 8.71. The third kappa shape index (κ3) is 3.40. The molecular weight excluding hydrogens is 210 g/mol. The van der Waals surface area contributed by atoms with Crippen LogP contribution in [-0.4, -0.2) is 19.3 Å². The summed E-state index contributed by atoms with van der Waals surface area (Å²) in [5.74, 6) is 0. The average Bonchev–Trinajstić information content (AvgIpc) is 2.46. The largest absolute Gasteiger partial charge is 0.382 e. The number of ether oxygens (including phenoxy) is 1. The van der Waals surface area contributed by atoms with E-state index in [-0.39, 0.29) is 0 Å². The van der Waals surface area contributed by atoms with Gasteiger partial charge in [0.05, 0.1) is 0 Å². The molecule has 1 heterocycles. The maximum absolute atomic E-state index is 5.93. The van der Waals surface area contributed by atoms with E-state index >= 15 is 0 Å². The van der Waals surface area contributed by atoms with Gasteiger partial charge in [-0.1, -0.05) is 17.7 Å². The number of benzene rings is 1. The minimum atomic E-state index is 0.519. The molecule has 1 aliphatic heterocycles. The molecule has 0 spiro atoms. The highest BCUT2D eigenvalue weighted by Crippen LogP contribution is 2.19. The molecule has 0 radical (unpaired) electrons. The molecule has 1 atom stereocenters. The first-order valence-corrected chi connectivity index (χ1v) is 5.82. The number of nitrogens with one attached hydrogen (secondary N) is 1. The topological polar surface area (TPSA) is 21.3 Å². The molecule has 2 rings (SSSR count). The molecular formula is C12H16ClNO. The predicted molar refractivity (Wildman–Crippen MR) is 63.5 cm³/mol. The van der Waals surface area contributed by atoms with Crippen molar-refractivity contribution in [3.8, 4) is 0 Å². The Bertz CT molecular complexity index is 308. The molecule has 0 bridgehead atoms. The smallest absolute Gasteiger partial charge is 0.0485 e. The number of hydrogen-bond donors (Lipinski definition) is 1. The van der Waals surface area contributed by atoms with E-state index in [1.165, 1.54) is 6.42 Å². The van der Waals surface area contributed by atoms with Crippen molar-refractivity contribution in [1.29, 1.82) is 0 Å². The second-order valence-corrected chi connectivity index (χ2v) is 4.33. The zero-order chi connectivity index (χ0) is 10.5. The van der Waals surface area contributed by atoms with E-state index in [0.29, 0.717) is 6.04 Å². The Morgan fingerprint density at radius 1 is 1.27 bits per heavy atom. The molecule has 1 aromatic rings. The van der Waals surface area contributed by atoms with Crippen LogP contribution in [0.5, 0.6) is 0 Å². The molecule has 1 aliphatic rings. The van der Waals surface area contributed by atoms with Crippen molar-refractivity contribution in [2.24, 2.45) is 0 Å². The number of halogens is 1. The van der Waals surface area contributed by atoms with Crippen molar-refractivity contribution < 1.29 is 4.74 Å². The van der Waals surface area contributed by atoms with E-state index in [1.54, 1.807) is 0 Å². The second-order valence-electron chi connectivity index (χ2n) is 3.89. The molecule has 1 aromatic carbocycles.